The third kappa shape index (κ3) is 4.34. The second-order valence-corrected chi connectivity index (χ2v) is 6.39. The highest BCUT2D eigenvalue weighted by molar-refractivity contribution is 5.74. The molecule has 0 heterocycles. The van der Waals surface area contributed by atoms with Crippen LogP contribution in [0.1, 0.15) is 42.9 Å². The van der Waals surface area contributed by atoms with E-state index in [2.05, 4.69) is 10.6 Å². The van der Waals surface area contributed by atoms with Crippen molar-refractivity contribution in [1.82, 2.24) is 10.6 Å². The lowest BCUT2D eigenvalue weighted by Crippen LogP contribution is -2.40. The molecule has 1 aliphatic carbocycles. The summed E-state index contributed by atoms with van der Waals surface area (Å²) in [7, 11) is 0. The predicted molar refractivity (Wildman–Crippen MR) is 92.9 cm³/mol. The van der Waals surface area contributed by atoms with Gasteiger partial charge in [-0.2, -0.15) is 0 Å². The second-order valence-electron chi connectivity index (χ2n) is 6.39. The van der Waals surface area contributed by atoms with Crippen LogP contribution in [0.15, 0.2) is 54.6 Å². The highest BCUT2D eigenvalue weighted by Gasteiger charge is 2.27. The van der Waals surface area contributed by atoms with Crippen molar-refractivity contribution < 1.29 is 9.18 Å². The van der Waals surface area contributed by atoms with Crippen LogP contribution in [0.2, 0.25) is 0 Å². The van der Waals surface area contributed by atoms with Gasteiger partial charge in [-0.3, -0.25) is 0 Å². The van der Waals surface area contributed by atoms with Crippen LogP contribution in [0.25, 0.3) is 0 Å². The highest BCUT2D eigenvalue weighted by atomic mass is 19.1. The molecule has 2 N–H and O–H groups in total. The van der Waals surface area contributed by atoms with E-state index in [1.54, 1.807) is 12.1 Å². The van der Waals surface area contributed by atoms with E-state index in [9.17, 15) is 9.18 Å². The lowest BCUT2D eigenvalue weighted by Gasteiger charge is -2.25. The normalized spacial score (nSPS) is 15.9. The van der Waals surface area contributed by atoms with Gasteiger partial charge in [0.1, 0.15) is 5.82 Å². The summed E-state index contributed by atoms with van der Waals surface area (Å²) in [5.41, 5.74) is 2.03. The molecule has 24 heavy (non-hydrogen) atoms. The molecule has 3 nitrogen and oxygen atoms in total. The molecule has 126 valence electrons. The number of nitrogens with one attached hydrogen (secondary N) is 2. The quantitative estimate of drug-likeness (QED) is 0.831. The van der Waals surface area contributed by atoms with E-state index in [0.717, 1.165) is 24.0 Å². The second kappa shape index (κ2) is 7.95. The standard InChI is InChI=1S/C20H23FN2O/c21-18-12-10-17(11-13-18)19(16-8-4-5-9-16)23-20(24)22-14-15-6-2-1-3-7-15/h1-3,6-7,10-13,16,19H,4-5,8-9,14H2,(H2,22,23,24)/t19-/m0/s1. The number of hydrogen-bond donors (Lipinski definition) is 2. The molecule has 2 aromatic carbocycles. The third-order valence-electron chi connectivity index (χ3n) is 4.68. The molecule has 0 radical (unpaired) electrons. The van der Waals surface area contributed by atoms with Crippen molar-refractivity contribution in [3.63, 3.8) is 0 Å². The average Bonchev–Trinajstić information content (AvgIpc) is 3.14. The van der Waals surface area contributed by atoms with Gasteiger partial charge in [0.25, 0.3) is 0 Å². The molecule has 0 unspecified atom stereocenters. The summed E-state index contributed by atoms with van der Waals surface area (Å²) in [5.74, 6) is 0.162. The minimum absolute atomic E-state index is 0.0659. The molecule has 1 atom stereocenters. The maximum atomic E-state index is 13.2. The first-order valence-corrected chi connectivity index (χ1v) is 8.56. The van der Waals surface area contributed by atoms with Gasteiger partial charge in [-0.15, -0.1) is 0 Å². The van der Waals surface area contributed by atoms with Crippen molar-refractivity contribution in [2.75, 3.05) is 0 Å². The molecule has 2 amide bonds. The first kappa shape index (κ1) is 16.5. The van der Waals surface area contributed by atoms with E-state index in [1.165, 1.54) is 25.0 Å². The van der Waals surface area contributed by atoms with Crippen LogP contribution in [0, 0.1) is 11.7 Å². The summed E-state index contributed by atoms with van der Waals surface area (Å²) >= 11 is 0. The molecule has 2 aromatic rings. The van der Waals surface area contributed by atoms with Crippen molar-refractivity contribution >= 4 is 6.03 Å². The Hall–Kier alpha value is -2.36. The fraction of sp³-hybridized carbons (Fsp3) is 0.350. The van der Waals surface area contributed by atoms with Crippen molar-refractivity contribution in [3.05, 3.63) is 71.5 Å². The molecular formula is C20H23FN2O. The molecule has 0 saturated heterocycles. The van der Waals surface area contributed by atoms with E-state index >= 15 is 0 Å². The van der Waals surface area contributed by atoms with Crippen LogP contribution in [0.4, 0.5) is 9.18 Å². The van der Waals surface area contributed by atoms with Gasteiger partial charge in [-0.1, -0.05) is 55.3 Å². The number of halogens is 1. The first-order valence-electron chi connectivity index (χ1n) is 8.56. The van der Waals surface area contributed by atoms with Gasteiger partial charge >= 0.3 is 6.03 Å². The third-order valence-corrected chi connectivity index (χ3v) is 4.68. The monoisotopic (exact) mass is 326 g/mol. The van der Waals surface area contributed by atoms with Crippen LogP contribution >= 0.6 is 0 Å². The highest BCUT2D eigenvalue weighted by Crippen LogP contribution is 2.35. The summed E-state index contributed by atoms with van der Waals surface area (Å²) in [5, 5.41) is 6.00. The number of urea groups is 1. The van der Waals surface area contributed by atoms with Crippen molar-refractivity contribution in [1.29, 1.82) is 0 Å². The zero-order valence-corrected chi connectivity index (χ0v) is 13.7. The summed E-state index contributed by atoms with van der Waals surface area (Å²) < 4.78 is 13.2. The molecule has 1 fully saturated rings. The number of rotatable bonds is 5. The molecule has 0 aliphatic heterocycles. The van der Waals surface area contributed by atoms with Crippen LogP contribution in [0.3, 0.4) is 0 Å². The minimum Gasteiger partial charge on any atom is -0.334 e. The van der Waals surface area contributed by atoms with Gasteiger partial charge in [0, 0.05) is 6.54 Å². The molecule has 0 bridgehead atoms. The summed E-state index contributed by atoms with van der Waals surface area (Å²) in [6.45, 7) is 0.494. The largest absolute Gasteiger partial charge is 0.334 e. The summed E-state index contributed by atoms with van der Waals surface area (Å²) in [6, 6.07) is 16.0. The van der Waals surface area contributed by atoms with Gasteiger partial charge in [0.2, 0.25) is 0 Å². The molecule has 1 aliphatic rings. The lowest BCUT2D eigenvalue weighted by molar-refractivity contribution is 0.230. The molecule has 0 spiro atoms. The van der Waals surface area contributed by atoms with E-state index in [-0.39, 0.29) is 17.9 Å². The first-order chi connectivity index (χ1) is 11.7. The van der Waals surface area contributed by atoms with Gasteiger partial charge in [-0.25, -0.2) is 9.18 Å². The van der Waals surface area contributed by atoms with E-state index in [0.29, 0.717) is 12.5 Å². The maximum Gasteiger partial charge on any atom is 0.315 e. The fourth-order valence-corrected chi connectivity index (χ4v) is 3.40. The number of hydrogen-bond acceptors (Lipinski definition) is 1. The lowest BCUT2D eigenvalue weighted by atomic mass is 9.91. The molecule has 1 saturated carbocycles. The SMILES string of the molecule is O=C(NCc1ccccc1)N[C@H](c1ccc(F)cc1)C1CCCC1. The molecule has 4 heteroatoms. The maximum absolute atomic E-state index is 13.2. The Morgan fingerprint density at radius 1 is 1.04 bits per heavy atom. The predicted octanol–water partition coefficient (Wildman–Crippen LogP) is 4.56. The Labute approximate surface area is 142 Å². The van der Waals surface area contributed by atoms with E-state index < -0.39 is 0 Å². The smallest absolute Gasteiger partial charge is 0.315 e. The van der Waals surface area contributed by atoms with Crippen LogP contribution < -0.4 is 10.6 Å². The number of benzene rings is 2. The molecular weight excluding hydrogens is 303 g/mol. The Kier molecular flexibility index (Phi) is 5.47. The number of amides is 2. The van der Waals surface area contributed by atoms with Gasteiger partial charge in [0.05, 0.1) is 6.04 Å². The Morgan fingerprint density at radius 2 is 1.71 bits per heavy atom. The Bertz CT molecular complexity index is 651. The average molecular weight is 326 g/mol. The molecule has 3 rings (SSSR count). The van der Waals surface area contributed by atoms with Crippen LogP contribution in [0.5, 0.6) is 0 Å². The Balaban J connectivity index is 1.64. The van der Waals surface area contributed by atoms with Crippen LogP contribution in [-0.2, 0) is 6.54 Å². The summed E-state index contributed by atoms with van der Waals surface area (Å²) in [4.78, 5) is 12.3. The topological polar surface area (TPSA) is 41.1 Å². The van der Waals surface area contributed by atoms with Gasteiger partial charge in [0.15, 0.2) is 0 Å². The van der Waals surface area contributed by atoms with Crippen molar-refractivity contribution in [2.45, 2.75) is 38.3 Å². The summed E-state index contributed by atoms with van der Waals surface area (Å²) in [6.07, 6.45) is 4.58. The van der Waals surface area contributed by atoms with Crippen LogP contribution in [-0.4, -0.2) is 6.03 Å². The molecule has 0 aromatic heterocycles. The Morgan fingerprint density at radius 3 is 2.38 bits per heavy atom. The van der Waals surface area contributed by atoms with Gasteiger partial charge in [-0.05, 0) is 42.0 Å². The fourth-order valence-electron chi connectivity index (χ4n) is 3.40. The zero-order valence-electron chi connectivity index (χ0n) is 13.7. The van der Waals surface area contributed by atoms with Gasteiger partial charge < -0.3 is 10.6 Å². The zero-order chi connectivity index (χ0) is 16.8. The van der Waals surface area contributed by atoms with E-state index in [1.807, 2.05) is 30.3 Å². The number of carbonyl (C=O) groups excluding carboxylic acids is 1. The van der Waals surface area contributed by atoms with Crippen molar-refractivity contribution in [2.24, 2.45) is 5.92 Å². The van der Waals surface area contributed by atoms with E-state index in [4.69, 9.17) is 0 Å². The minimum atomic E-state index is -0.252. The number of carbonyl (C=O) groups is 1. The van der Waals surface area contributed by atoms with Crippen molar-refractivity contribution in [3.8, 4) is 0 Å².